The summed E-state index contributed by atoms with van der Waals surface area (Å²) in [7, 11) is 0. The molecule has 1 aromatic heterocycles. The maximum absolute atomic E-state index is 12.1. The molecule has 0 amide bonds. The number of pyridine rings is 1. The van der Waals surface area contributed by atoms with Crippen molar-refractivity contribution in [3.63, 3.8) is 0 Å². The molecule has 0 aliphatic heterocycles. The van der Waals surface area contributed by atoms with Gasteiger partial charge in [-0.15, -0.1) is 0 Å². The molecule has 0 aliphatic carbocycles. The van der Waals surface area contributed by atoms with Crippen LogP contribution in [-0.4, -0.2) is 20.1 Å². The van der Waals surface area contributed by atoms with Crippen molar-refractivity contribution in [1.29, 1.82) is 0 Å². The van der Waals surface area contributed by atoms with Crippen LogP contribution in [0.1, 0.15) is 12.1 Å². The summed E-state index contributed by atoms with van der Waals surface area (Å²) in [5.74, 6) is -3.06. The average Bonchev–Trinajstić information content (AvgIpc) is 2.02. The van der Waals surface area contributed by atoms with Crippen molar-refractivity contribution in [3.05, 3.63) is 21.9 Å². The van der Waals surface area contributed by atoms with Crippen LogP contribution in [0.5, 0.6) is 11.5 Å². The van der Waals surface area contributed by atoms with E-state index < -0.39 is 34.4 Å². The van der Waals surface area contributed by atoms with Gasteiger partial charge < -0.3 is 20.3 Å². The lowest BCUT2D eigenvalue weighted by Gasteiger charge is -2.00. The highest BCUT2D eigenvalue weighted by molar-refractivity contribution is 5.46. The molecule has 0 bridgehead atoms. The molecular formula is C6H4F2N2O4. The van der Waals surface area contributed by atoms with Gasteiger partial charge in [-0.3, -0.25) is 0 Å². The van der Waals surface area contributed by atoms with Crippen molar-refractivity contribution in [3.8, 4) is 11.5 Å². The number of nitrogens with zero attached hydrogens (tertiary/aromatic N) is 2. The zero-order valence-electron chi connectivity index (χ0n) is 6.52. The lowest BCUT2D eigenvalue weighted by molar-refractivity contribution is -0.390. The number of aromatic nitrogens is 1. The molecule has 0 fully saturated rings. The Morgan fingerprint density at radius 2 is 2.00 bits per heavy atom. The van der Waals surface area contributed by atoms with Crippen LogP contribution < -0.4 is 0 Å². The highest BCUT2D eigenvalue weighted by atomic mass is 19.3. The Hall–Kier alpha value is -1.99. The summed E-state index contributed by atoms with van der Waals surface area (Å²) < 4.78 is 24.2. The molecule has 0 atom stereocenters. The second-order valence-corrected chi connectivity index (χ2v) is 2.29. The maximum atomic E-state index is 12.1. The van der Waals surface area contributed by atoms with Gasteiger partial charge in [0.25, 0.3) is 5.69 Å². The third kappa shape index (κ3) is 1.68. The van der Waals surface area contributed by atoms with Crippen LogP contribution in [-0.2, 0) is 0 Å². The molecule has 2 N–H and O–H groups in total. The standard InChI is InChI=1S/C6H4F2N2O4/c7-5(8)4-2(11)1-3(12)6(9-4)10(13)14/h1,5,11-12H. The van der Waals surface area contributed by atoms with Crippen molar-refractivity contribution in [1.82, 2.24) is 4.98 Å². The summed E-state index contributed by atoms with van der Waals surface area (Å²) in [6.07, 6.45) is -3.14. The van der Waals surface area contributed by atoms with Gasteiger partial charge in [0.05, 0.1) is 0 Å². The van der Waals surface area contributed by atoms with Gasteiger partial charge in [-0.2, -0.15) is 0 Å². The van der Waals surface area contributed by atoms with Gasteiger partial charge in [0, 0.05) is 6.07 Å². The molecule has 1 rings (SSSR count). The average molecular weight is 206 g/mol. The highest BCUT2D eigenvalue weighted by Gasteiger charge is 2.27. The van der Waals surface area contributed by atoms with E-state index in [-0.39, 0.29) is 0 Å². The molecule has 0 aliphatic rings. The number of halogens is 2. The normalized spacial score (nSPS) is 10.5. The molecule has 14 heavy (non-hydrogen) atoms. The topological polar surface area (TPSA) is 96.5 Å². The monoisotopic (exact) mass is 206 g/mol. The lowest BCUT2D eigenvalue weighted by Crippen LogP contribution is -1.98. The second kappa shape index (κ2) is 3.40. The van der Waals surface area contributed by atoms with E-state index in [0.29, 0.717) is 6.07 Å². The fourth-order valence-corrected chi connectivity index (χ4v) is 0.792. The van der Waals surface area contributed by atoms with Gasteiger partial charge in [-0.25, -0.2) is 8.78 Å². The fourth-order valence-electron chi connectivity index (χ4n) is 0.792. The largest absolute Gasteiger partial charge is 0.504 e. The summed E-state index contributed by atoms with van der Waals surface area (Å²) in [4.78, 5) is 11.9. The first-order valence-corrected chi connectivity index (χ1v) is 3.29. The Morgan fingerprint density at radius 1 is 1.43 bits per heavy atom. The Bertz CT molecular complexity index is 382. The Morgan fingerprint density at radius 3 is 2.43 bits per heavy atom. The minimum atomic E-state index is -3.14. The van der Waals surface area contributed by atoms with Gasteiger partial charge in [0.2, 0.25) is 5.75 Å². The minimum Gasteiger partial charge on any atom is -0.504 e. The van der Waals surface area contributed by atoms with Crippen molar-refractivity contribution in [2.45, 2.75) is 6.43 Å². The number of hydrogen-bond donors (Lipinski definition) is 2. The van der Waals surface area contributed by atoms with Crippen molar-refractivity contribution >= 4 is 5.82 Å². The molecule has 0 radical (unpaired) electrons. The number of rotatable bonds is 2. The van der Waals surface area contributed by atoms with E-state index in [4.69, 9.17) is 10.2 Å². The van der Waals surface area contributed by atoms with E-state index in [9.17, 15) is 18.9 Å². The van der Waals surface area contributed by atoms with Crippen molar-refractivity contribution in [2.75, 3.05) is 0 Å². The van der Waals surface area contributed by atoms with Gasteiger partial charge in [-0.05, 0) is 9.91 Å². The second-order valence-electron chi connectivity index (χ2n) is 2.29. The van der Waals surface area contributed by atoms with Crippen LogP contribution >= 0.6 is 0 Å². The van der Waals surface area contributed by atoms with Crippen LogP contribution in [0.3, 0.4) is 0 Å². The van der Waals surface area contributed by atoms with Crippen LogP contribution in [0.2, 0.25) is 0 Å². The smallest absolute Gasteiger partial charge is 0.406 e. The van der Waals surface area contributed by atoms with Gasteiger partial charge in [-0.1, -0.05) is 0 Å². The first-order valence-electron chi connectivity index (χ1n) is 3.29. The summed E-state index contributed by atoms with van der Waals surface area (Å²) in [6, 6.07) is 0.451. The first-order chi connectivity index (χ1) is 6.43. The molecular weight excluding hydrogens is 202 g/mol. The predicted octanol–water partition coefficient (Wildman–Crippen LogP) is 1.34. The van der Waals surface area contributed by atoms with Crippen molar-refractivity contribution in [2.24, 2.45) is 0 Å². The van der Waals surface area contributed by atoms with Crippen LogP contribution in [0.25, 0.3) is 0 Å². The molecule has 0 unspecified atom stereocenters. The molecule has 1 heterocycles. The maximum Gasteiger partial charge on any atom is 0.406 e. The Labute approximate surface area is 75.6 Å². The van der Waals surface area contributed by atoms with Crippen LogP contribution in [0.15, 0.2) is 6.07 Å². The summed E-state index contributed by atoms with van der Waals surface area (Å²) >= 11 is 0. The number of hydrogen-bond acceptors (Lipinski definition) is 5. The molecule has 0 saturated carbocycles. The molecule has 0 spiro atoms. The fraction of sp³-hybridized carbons (Fsp3) is 0.167. The first kappa shape index (κ1) is 10.1. The quantitative estimate of drug-likeness (QED) is 0.562. The zero-order chi connectivity index (χ0) is 10.9. The Kier molecular flexibility index (Phi) is 2.45. The number of nitro groups is 1. The number of alkyl halides is 2. The van der Waals surface area contributed by atoms with E-state index in [1.165, 1.54) is 0 Å². The van der Waals surface area contributed by atoms with Gasteiger partial charge in [0.1, 0.15) is 0 Å². The summed E-state index contributed by atoms with van der Waals surface area (Å²) in [5.41, 5.74) is -1.13. The summed E-state index contributed by atoms with van der Waals surface area (Å²) in [6.45, 7) is 0. The number of aromatic hydroxyl groups is 2. The van der Waals surface area contributed by atoms with Crippen LogP contribution in [0.4, 0.5) is 14.6 Å². The molecule has 1 aromatic rings. The molecule has 0 aromatic carbocycles. The molecule has 8 heteroatoms. The predicted molar refractivity (Wildman–Crippen MR) is 39.2 cm³/mol. The van der Waals surface area contributed by atoms with Crippen LogP contribution in [0, 0.1) is 10.1 Å². The molecule has 0 saturated heterocycles. The highest BCUT2D eigenvalue weighted by Crippen LogP contribution is 2.34. The van der Waals surface area contributed by atoms with E-state index in [1.54, 1.807) is 0 Å². The van der Waals surface area contributed by atoms with E-state index in [0.717, 1.165) is 0 Å². The summed E-state index contributed by atoms with van der Waals surface area (Å²) in [5, 5.41) is 27.9. The minimum absolute atomic E-state index is 0.451. The molecule has 76 valence electrons. The third-order valence-corrected chi connectivity index (χ3v) is 1.37. The van der Waals surface area contributed by atoms with Gasteiger partial charge >= 0.3 is 12.2 Å². The van der Waals surface area contributed by atoms with E-state index >= 15 is 0 Å². The third-order valence-electron chi connectivity index (χ3n) is 1.37. The van der Waals surface area contributed by atoms with E-state index in [1.807, 2.05) is 0 Å². The van der Waals surface area contributed by atoms with Gasteiger partial charge in [0.15, 0.2) is 5.75 Å². The Balaban J connectivity index is 3.34. The SMILES string of the molecule is O=[N+]([O-])c1nc(C(F)F)c(O)cc1O. The zero-order valence-corrected chi connectivity index (χ0v) is 6.52. The van der Waals surface area contributed by atoms with E-state index in [2.05, 4.69) is 4.98 Å². The van der Waals surface area contributed by atoms with Crippen molar-refractivity contribution < 1.29 is 23.9 Å². The lowest BCUT2D eigenvalue weighted by atomic mass is 10.3. The molecule has 6 nitrogen and oxygen atoms in total.